The Kier molecular flexibility index (Phi) is 5.71. The molecule has 0 unspecified atom stereocenters. The van der Waals surface area contributed by atoms with Gasteiger partial charge < -0.3 is 5.73 Å². The van der Waals surface area contributed by atoms with Crippen molar-refractivity contribution >= 4 is 15.9 Å². The molecule has 6 heteroatoms. The first-order valence-corrected chi connectivity index (χ1v) is 8.06. The van der Waals surface area contributed by atoms with Gasteiger partial charge >= 0.3 is 0 Å². The van der Waals surface area contributed by atoms with Gasteiger partial charge in [-0.25, -0.2) is 13.1 Å². The molecule has 0 bridgehead atoms. The Morgan fingerprint density at radius 1 is 1.25 bits per heavy atom. The Bertz CT molecular complexity index is 550. The number of sulfonamides is 1. The van der Waals surface area contributed by atoms with Crippen LogP contribution in [0.15, 0.2) is 29.2 Å². The predicted molar refractivity (Wildman–Crippen MR) is 78.6 cm³/mol. The van der Waals surface area contributed by atoms with Crippen molar-refractivity contribution in [3.63, 3.8) is 0 Å². The molecule has 1 amide bonds. The second kappa shape index (κ2) is 6.85. The van der Waals surface area contributed by atoms with Crippen molar-refractivity contribution in [1.82, 2.24) is 4.72 Å². The number of hydrogen-bond donors (Lipinski definition) is 2. The molecule has 112 valence electrons. The van der Waals surface area contributed by atoms with E-state index in [1.807, 2.05) is 20.8 Å². The van der Waals surface area contributed by atoms with Crippen LogP contribution >= 0.6 is 0 Å². The second-order valence-electron chi connectivity index (χ2n) is 5.43. The van der Waals surface area contributed by atoms with Gasteiger partial charge in [0.1, 0.15) is 0 Å². The molecule has 3 N–H and O–H groups in total. The zero-order chi connectivity index (χ0) is 15.3. The molecule has 1 aromatic rings. The number of primary amides is 1. The number of carbonyl (C=O) groups is 1. The van der Waals surface area contributed by atoms with Crippen LogP contribution in [0.2, 0.25) is 0 Å². The highest BCUT2D eigenvalue weighted by molar-refractivity contribution is 7.89. The predicted octanol–water partition coefficient (Wildman–Crippen LogP) is 1.56. The van der Waals surface area contributed by atoms with Crippen molar-refractivity contribution in [2.75, 3.05) is 0 Å². The minimum Gasteiger partial charge on any atom is -0.370 e. The lowest BCUT2D eigenvalue weighted by molar-refractivity contribution is -0.118. The van der Waals surface area contributed by atoms with Gasteiger partial charge in [0.25, 0.3) is 0 Å². The van der Waals surface area contributed by atoms with E-state index in [4.69, 9.17) is 5.73 Å². The molecule has 1 aromatic carbocycles. The molecule has 0 aliphatic rings. The Morgan fingerprint density at radius 2 is 1.80 bits per heavy atom. The van der Waals surface area contributed by atoms with Crippen LogP contribution in [0.3, 0.4) is 0 Å². The van der Waals surface area contributed by atoms with E-state index < -0.39 is 22.0 Å². The zero-order valence-corrected chi connectivity index (χ0v) is 12.9. The fourth-order valence-corrected chi connectivity index (χ4v) is 3.24. The van der Waals surface area contributed by atoms with Crippen LogP contribution in [0.25, 0.3) is 0 Å². The lowest BCUT2D eigenvalue weighted by atomic mass is 10.0. The first-order valence-electron chi connectivity index (χ1n) is 6.58. The summed E-state index contributed by atoms with van der Waals surface area (Å²) in [6, 6.07) is 6.10. The van der Waals surface area contributed by atoms with Crippen molar-refractivity contribution in [2.24, 2.45) is 11.7 Å². The minimum atomic E-state index is -3.63. The van der Waals surface area contributed by atoms with E-state index in [1.165, 1.54) is 0 Å². The van der Waals surface area contributed by atoms with Crippen molar-refractivity contribution < 1.29 is 13.2 Å². The molecule has 0 spiro atoms. The first-order chi connectivity index (χ1) is 9.20. The third-order valence-electron chi connectivity index (χ3n) is 2.86. The van der Waals surface area contributed by atoms with E-state index in [1.54, 1.807) is 24.3 Å². The summed E-state index contributed by atoms with van der Waals surface area (Å²) in [6.45, 7) is 5.82. The maximum absolute atomic E-state index is 12.3. The fraction of sp³-hybridized carbons (Fsp3) is 0.500. The smallest absolute Gasteiger partial charge is 0.240 e. The van der Waals surface area contributed by atoms with Gasteiger partial charge in [-0.15, -0.1) is 0 Å². The molecule has 0 fully saturated rings. The topological polar surface area (TPSA) is 89.3 Å². The number of benzene rings is 1. The molecule has 20 heavy (non-hydrogen) atoms. The highest BCUT2D eigenvalue weighted by Crippen LogP contribution is 2.14. The van der Waals surface area contributed by atoms with E-state index in [0.717, 1.165) is 5.56 Å². The average Bonchev–Trinajstić information content (AvgIpc) is 2.26. The number of nitrogens with two attached hydrogens (primary N) is 1. The molecule has 5 nitrogen and oxygen atoms in total. The van der Waals surface area contributed by atoms with Gasteiger partial charge in [0, 0.05) is 12.5 Å². The summed E-state index contributed by atoms with van der Waals surface area (Å²) in [4.78, 5) is 11.2. The normalized spacial score (nSPS) is 13.4. The first kappa shape index (κ1) is 16.7. The van der Waals surface area contributed by atoms with Gasteiger partial charge in [-0.05, 0) is 31.4 Å². The molecule has 1 atom stereocenters. The highest BCUT2D eigenvalue weighted by Gasteiger charge is 2.22. The van der Waals surface area contributed by atoms with E-state index in [2.05, 4.69) is 4.72 Å². The largest absolute Gasteiger partial charge is 0.370 e. The summed E-state index contributed by atoms with van der Waals surface area (Å²) in [5, 5.41) is 0. The summed E-state index contributed by atoms with van der Waals surface area (Å²) in [6.07, 6.45) is 0.567. The molecule has 0 saturated heterocycles. The Labute approximate surface area is 120 Å². The zero-order valence-electron chi connectivity index (χ0n) is 12.1. The van der Waals surface area contributed by atoms with E-state index in [9.17, 15) is 13.2 Å². The van der Waals surface area contributed by atoms with Crippen LogP contribution in [0, 0.1) is 12.8 Å². The van der Waals surface area contributed by atoms with Crippen LogP contribution in [-0.2, 0) is 14.8 Å². The van der Waals surface area contributed by atoms with Crippen LogP contribution < -0.4 is 10.5 Å². The summed E-state index contributed by atoms with van der Waals surface area (Å²) >= 11 is 0. The van der Waals surface area contributed by atoms with Gasteiger partial charge in [0.2, 0.25) is 15.9 Å². The van der Waals surface area contributed by atoms with Gasteiger partial charge in [0.15, 0.2) is 0 Å². The monoisotopic (exact) mass is 298 g/mol. The van der Waals surface area contributed by atoms with Crippen LogP contribution in [0.4, 0.5) is 0 Å². The molecular formula is C14H22N2O3S. The lowest BCUT2D eigenvalue weighted by Gasteiger charge is -2.19. The third kappa shape index (κ3) is 5.30. The van der Waals surface area contributed by atoms with E-state index >= 15 is 0 Å². The van der Waals surface area contributed by atoms with Gasteiger partial charge in [-0.3, -0.25) is 4.79 Å². The van der Waals surface area contributed by atoms with Crippen molar-refractivity contribution in [2.45, 2.75) is 44.6 Å². The second-order valence-corrected chi connectivity index (χ2v) is 7.15. The molecule has 0 radical (unpaired) electrons. The van der Waals surface area contributed by atoms with Crippen molar-refractivity contribution in [3.8, 4) is 0 Å². The molecule has 0 aliphatic carbocycles. The average molecular weight is 298 g/mol. The number of hydrogen-bond acceptors (Lipinski definition) is 3. The fourth-order valence-electron chi connectivity index (χ4n) is 1.99. The number of aryl methyl sites for hydroxylation is 1. The van der Waals surface area contributed by atoms with E-state index in [0.29, 0.717) is 6.42 Å². The Hall–Kier alpha value is -1.40. The van der Waals surface area contributed by atoms with Gasteiger partial charge in [-0.2, -0.15) is 0 Å². The SMILES string of the molecule is Cc1ccc(S(=O)(=O)N[C@H](CC(N)=O)CC(C)C)cc1. The lowest BCUT2D eigenvalue weighted by Crippen LogP contribution is -2.38. The third-order valence-corrected chi connectivity index (χ3v) is 4.39. The van der Waals surface area contributed by atoms with Gasteiger partial charge in [-0.1, -0.05) is 31.5 Å². The maximum Gasteiger partial charge on any atom is 0.240 e. The van der Waals surface area contributed by atoms with Crippen LogP contribution in [0.1, 0.15) is 32.3 Å². The van der Waals surface area contributed by atoms with Crippen LogP contribution in [-0.4, -0.2) is 20.4 Å². The van der Waals surface area contributed by atoms with Crippen molar-refractivity contribution in [3.05, 3.63) is 29.8 Å². The highest BCUT2D eigenvalue weighted by atomic mass is 32.2. The Balaban J connectivity index is 2.90. The van der Waals surface area contributed by atoms with E-state index in [-0.39, 0.29) is 17.2 Å². The van der Waals surface area contributed by atoms with Crippen molar-refractivity contribution in [1.29, 1.82) is 0 Å². The summed E-state index contributed by atoms with van der Waals surface area (Å²) in [5.74, 6) is -0.248. The number of amides is 1. The number of rotatable bonds is 7. The quantitative estimate of drug-likeness (QED) is 0.800. The molecule has 0 heterocycles. The standard InChI is InChI=1S/C14H22N2O3S/c1-10(2)8-12(9-14(15)17)16-20(18,19)13-6-4-11(3)5-7-13/h4-7,10,12,16H,8-9H2,1-3H3,(H2,15,17)/t12-/m0/s1. The van der Waals surface area contributed by atoms with Crippen LogP contribution in [0.5, 0.6) is 0 Å². The Morgan fingerprint density at radius 3 is 2.25 bits per heavy atom. The molecule has 1 rings (SSSR count). The molecule has 0 aliphatic heterocycles. The van der Waals surface area contributed by atoms with Gasteiger partial charge in [0.05, 0.1) is 4.90 Å². The molecular weight excluding hydrogens is 276 g/mol. The summed E-state index contributed by atoms with van der Waals surface area (Å²) in [7, 11) is -3.63. The summed E-state index contributed by atoms with van der Waals surface area (Å²) < 4.78 is 27.1. The molecule has 0 saturated carbocycles. The molecule has 0 aromatic heterocycles. The minimum absolute atomic E-state index is 0.00325. The maximum atomic E-state index is 12.3. The number of nitrogens with one attached hydrogen (secondary N) is 1. The number of carbonyl (C=O) groups excluding carboxylic acids is 1. The summed E-state index contributed by atoms with van der Waals surface area (Å²) in [5.41, 5.74) is 6.16.